The molecule has 76 heavy (non-hydrogen) atoms. The Morgan fingerprint density at radius 2 is 1.61 bits per heavy atom. The summed E-state index contributed by atoms with van der Waals surface area (Å²) in [5.41, 5.74) is -5.21. The maximum Gasteiger partial charge on any atom is 0.293 e. The van der Waals surface area contributed by atoms with Crippen LogP contribution in [-0.2, 0) is 45.0 Å². The van der Waals surface area contributed by atoms with Gasteiger partial charge in [-0.3, -0.25) is 37.9 Å². The highest BCUT2D eigenvalue weighted by Gasteiger charge is 2.67. The molecule has 26 heteroatoms. The van der Waals surface area contributed by atoms with Crippen LogP contribution in [0, 0.1) is 17.6 Å². The zero-order chi connectivity index (χ0) is 54.8. The van der Waals surface area contributed by atoms with E-state index in [9.17, 15) is 35.6 Å². The molecular formula is C50H51ClF8N10O6S. The molecule has 1 aliphatic heterocycles. The van der Waals surface area contributed by atoms with Crippen molar-refractivity contribution in [1.29, 1.82) is 0 Å². The summed E-state index contributed by atoms with van der Waals surface area (Å²) in [6.07, 6.45) is -3.84. The minimum Gasteiger partial charge on any atom is -0.367 e. The number of pyridine rings is 1. The molecule has 2 N–H and O–H groups in total. The molecule has 1 amide bonds. The first-order valence-electron chi connectivity index (χ1n) is 24.4. The van der Waals surface area contributed by atoms with Crippen molar-refractivity contribution in [3.05, 3.63) is 103 Å². The number of sulfonamides is 1. The molecule has 1 saturated heterocycles. The van der Waals surface area contributed by atoms with Gasteiger partial charge in [0, 0.05) is 73.6 Å². The van der Waals surface area contributed by atoms with E-state index in [1.807, 2.05) is 27.7 Å². The first kappa shape index (κ1) is 53.4. The summed E-state index contributed by atoms with van der Waals surface area (Å²) in [6, 6.07) is 4.63. The summed E-state index contributed by atoms with van der Waals surface area (Å²) in [5, 5.41) is 10.5. The van der Waals surface area contributed by atoms with Crippen LogP contribution in [0.5, 0.6) is 0 Å². The molecular weight excluding hydrogens is 1060 g/mol. The summed E-state index contributed by atoms with van der Waals surface area (Å²) in [4.78, 5) is 54.8. The Morgan fingerprint density at radius 1 is 0.934 bits per heavy atom. The molecule has 0 unspecified atom stereocenters. The van der Waals surface area contributed by atoms with Gasteiger partial charge in [0.2, 0.25) is 21.9 Å². The van der Waals surface area contributed by atoms with Crippen LogP contribution in [-0.4, -0.2) is 103 Å². The van der Waals surface area contributed by atoms with Crippen molar-refractivity contribution >= 4 is 61.6 Å². The molecule has 16 nitrogen and oxygen atoms in total. The molecule has 4 aromatic heterocycles. The van der Waals surface area contributed by atoms with E-state index < -0.39 is 140 Å². The fourth-order valence-corrected chi connectivity index (χ4v) is 12.4. The molecule has 6 aromatic rings. The predicted molar refractivity (Wildman–Crippen MR) is 262 cm³/mol. The van der Waals surface area contributed by atoms with E-state index in [4.69, 9.17) is 21.3 Å². The van der Waals surface area contributed by atoms with Crippen molar-refractivity contribution in [2.75, 3.05) is 30.6 Å². The minimum absolute atomic E-state index is 0.00134. The van der Waals surface area contributed by atoms with Gasteiger partial charge in [-0.15, -0.1) is 0 Å². The fourth-order valence-electron chi connectivity index (χ4n) is 11.7. The number of nitrogens with one attached hydrogen (secondary N) is 2. The molecule has 4 aliphatic rings. The van der Waals surface area contributed by atoms with E-state index >= 15 is 22.4 Å². The van der Waals surface area contributed by atoms with Crippen LogP contribution in [0.3, 0.4) is 0 Å². The summed E-state index contributed by atoms with van der Waals surface area (Å²) < 4.78 is 157. The Hall–Kier alpha value is -6.05. The molecule has 0 spiro atoms. The number of benzene rings is 2. The van der Waals surface area contributed by atoms with Crippen molar-refractivity contribution in [2.24, 2.45) is 5.92 Å². The quantitative estimate of drug-likeness (QED) is 0.0739. The van der Waals surface area contributed by atoms with Gasteiger partial charge >= 0.3 is 0 Å². The van der Waals surface area contributed by atoms with Gasteiger partial charge in [0.15, 0.2) is 17.8 Å². The topological polar surface area (TPSA) is 188 Å². The smallest absolute Gasteiger partial charge is 0.293 e. The monoisotopic (exact) mass is 1110 g/mol. The zero-order valence-electron chi connectivity index (χ0n) is 41.5. The number of nitrogens with zero attached hydrogens (tertiary/aromatic N) is 8. The maximum absolute atomic E-state index is 15.8. The van der Waals surface area contributed by atoms with E-state index in [1.54, 1.807) is 0 Å². The number of fused-ring (bicyclic) bond motifs is 5. The van der Waals surface area contributed by atoms with Crippen LogP contribution in [0.15, 0.2) is 41.2 Å². The lowest BCUT2D eigenvalue weighted by Crippen LogP contribution is -2.57. The second-order valence-electron chi connectivity index (χ2n) is 21.5. The molecule has 406 valence electrons. The SMILES string of the molecule is CC1(C)CN(CCn2nc(NS(C)(=O)=O)c3c(Cl)ccc(-n4c([C@H](Cc5cc(F)cc(F)c5)NC(=O)Cn5nc(C(F)F)c6c5C(F)(F)[C@@H]5C[C@H]65)nc5nc(C6CCC(F)(F)CC6)cc(C=O)c5c4=O)c32)CC(C)(C)O1. The number of carbonyl (C=O) groups excluding carboxylic acids is 2. The molecule has 0 radical (unpaired) electrons. The van der Waals surface area contributed by atoms with Crippen molar-refractivity contribution in [3.63, 3.8) is 0 Å². The summed E-state index contributed by atoms with van der Waals surface area (Å²) in [5.74, 6) is -13.4. The number of aromatic nitrogens is 7. The van der Waals surface area contributed by atoms with Gasteiger partial charge < -0.3 is 10.1 Å². The first-order valence-corrected chi connectivity index (χ1v) is 26.7. The summed E-state index contributed by atoms with van der Waals surface area (Å²) in [6.45, 7) is 7.76. The lowest BCUT2D eigenvalue weighted by Gasteiger charge is -2.47. The number of halogens is 9. The van der Waals surface area contributed by atoms with Crippen LogP contribution in [0.4, 0.5) is 40.9 Å². The van der Waals surface area contributed by atoms with Gasteiger partial charge in [0.25, 0.3) is 17.9 Å². The molecule has 2 saturated carbocycles. The average Bonchev–Trinajstić information content (AvgIpc) is 3.87. The number of ether oxygens (including phenoxy) is 1. The minimum atomic E-state index is -4.09. The molecule has 5 heterocycles. The lowest BCUT2D eigenvalue weighted by atomic mass is 9.84. The number of hydrogen-bond donors (Lipinski definition) is 2. The van der Waals surface area contributed by atoms with Crippen molar-refractivity contribution in [3.8, 4) is 5.69 Å². The lowest BCUT2D eigenvalue weighted by molar-refractivity contribution is -0.180. The number of carbonyl (C=O) groups is 2. The zero-order valence-corrected chi connectivity index (χ0v) is 43.1. The van der Waals surface area contributed by atoms with Gasteiger partial charge in [-0.1, -0.05) is 11.6 Å². The second-order valence-corrected chi connectivity index (χ2v) is 23.7. The molecule has 10 rings (SSSR count). The number of alkyl halides is 6. The maximum atomic E-state index is 15.8. The number of morpholine rings is 1. The molecule has 3 aliphatic carbocycles. The van der Waals surface area contributed by atoms with Gasteiger partial charge in [-0.25, -0.2) is 44.7 Å². The Labute approximate surface area is 434 Å². The Balaban J connectivity index is 1.20. The van der Waals surface area contributed by atoms with Gasteiger partial charge in [0.05, 0.1) is 57.0 Å². The van der Waals surface area contributed by atoms with E-state index in [0.717, 1.165) is 23.0 Å². The highest BCUT2D eigenvalue weighted by molar-refractivity contribution is 7.92. The summed E-state index contributed by atoms with van der Waals surface area (Å²) >= 11 is 6.90. The first-order chi connectivity index (χ1) is 35.5. The highest BCUT2D eigenvalue weighted by Crippen LogP contribution is 2.68. The van der Waals surface area contributed by atoms with Crippen molar-refractivity contribution in [2.45, 2.75) is 127 Å². The standard InChI is InChI=1S/C50H51ClF8N10O6S/c1-47(2)22-66(23-48(3,4)75-47)12-13-67-40-34(7-6-31(51)38(40)44(64-67)65-76(5,73)74)69-45(62-43-36(46(69)72)26(21-70)17-32(61-43)25-8-10-49(56,57)11-9-25)33(16-24-14-27(52)18-28(53)15-24)60-35(71)20-68-41-37(39(63-68)42(54)55)29-19-30(29)50(41,58)59/h6-7,14-15,17-18,21,25,29-30,33,42H,8-13,16,19-20,22-23H2,1-5H3,(H,60,71)(H,64,65)/t29-,30+,33-/m0/s1. The Morgan fingerprint density at radius 3 is 2.24 bits per heavy atom. The van der Waals surface area contributed by atoms with Gasteiger partial charge in [-0.05, 0) is 88.8 Å². The van der Waals surface area contributed by atoms with Crippen LogP contribution in [0.1, 0.15) is 128 Å². The third-order valence-corrected chi connectivity index (χ3v) is 15.3. The third kappa shape index (κ3) is 10.2. The number of hydrogen-bond acceptors (Lipinski definition) is 11. The predicted octanol–water partition coefficient (Wildman–Crippen LogP) is 8.87. The fraction of sp³-hybridized carbons (Fsp3) is 0.500. The normalized spacial score (nSPS) is 21.2. The molecule has 2 aromatic carbocycles. The van der Waals surface area contributed by atoms with Crippen molar-refractivity contribution < 1.29 is 57.9 Å². The third-order valence-electron chi connectivity index (χ3n) is 14.4. The number of anilines is 1. The van der Waals surface area contributed by atoms with E-state index in [2.05, 4.69) is 30.1 Å². The van der Waals surface area contributed by atoms with E-state index in [-0.39, 0.29) is 82.2 Å². The molecule has 3 atom stereocenters. The Bertz CT molecular complexity index is 3500. The average molecular weight is 1110 g/mol. The molecule has 0 bridgehead atoms. The van der Waals surface area contributed by atoms with Gasteiger partial charge in [-0.2, -0.15) is 19.0 Å². The Kier molecular flexibility index (Phi) is 13.2. The summed E-state index contributed by atoms with van der Waals surface area (Å²) in [7, 11) is -4.09. The van der Waals surface area contributed by atoms with Crippen LogP contribution in [0.2, 0.25) is 5.02 Å². The number of aldehydes is 1. The number of rotatable bonds is 15. The van der Waals surface area contributed by atoms with Crippen LogP contribution >= 0.6 is 11.6 Å². The van der Waals surface area contributed by atoms with E-state index in [0.29, 0.717) is 30.1 Å². The number of amides is 1. The van der Waals surface area contributed by atoms with Gasteiger partial charge in [0.1, 0.15) is 35.4 Å². The van der Waals surface area contributed by atoms with E-state index in [1.165, 1.54) is 22.9 Å². The van der Waals surface area contributed by atoms with Crippen LogP contribution in [0.25, 0.3) is 27.6 Å². The second kappa shape index (κ2) is 18.9. The highest BCUT2D eigenvalue weighted by atomic mass is 35.5. The van der Waals surface area contributed by atoms with Crippen LogP contribution < -0.4 is 15.6 Å². The van der Waals surface area contributed by atoms with Crippen molar-refractivity contribution in [1.82, 2.24) is 44.3 Å². The largest absolute Gasteiger partial charge is 0.367 e. The molecule has 3 fully saturated rings.